The van der Waals surface area contributed by atoms with Gasteiger partial charge in [-0.2, -0.15) is 0 Å². The molecule has 3 rings (SSSR count). The molecule has 0 unspecified atom stereocenters. The van der Waals surface area contributed by atoms with Gasteiger partial charge >= 0.3 is 209 Å². The van der Waals surface area contributed by atoms with Gasteiger partial charge in [-0.05, 0) is 0 Å². The van der Waals surface area contributed by atoms with Crippen molar-refractivity contribution in [1.82, 2.24) is 0 Å². The van der Waals surface area contributed by atoms with Crippen molar-refractivity contribution in [3.8, 4) is 0 Å². The summed E-state index contributed by atoms with van der Waals surface area (Å²) < 4.78 is 98.5. The Morgan fingerprint density at radius 3 is 1.33 bits per heavy atom. The molecule has 0 aromatic heterocycles. The van der Waals surface area contributed by atoms with Crippen molar-refractivity contribution < 1.29 is 39.2 Å². The second kappa shape index (κ2) is 10.7. The first-order chi connectivity index (χ1) is 16.9. The van der Waals surface area contributed by atoms with Gasteiger partial charge in [-0.1, -0.05) is 0 Å². The molecule has 36 heavy (non-hydrogen) atoms. The summed E-state index contributed by atoms with van der Waals surface area (Å²) in [5.41, 5.74) is -5.75. The Morgan fingerprint density at radius 2 is 1.06 bits per heavy atom. The summed E-state index contributed by atoms with van der Waals surface area (Å²) in [4.78, 5) is 0. The topological polar surface area (TPSA) is 78.9 Å². The van der Waals surface area contributed by atoms with Crippen LogP contribution in [-0.2, 0) is 27.7 Å². The minimum atomic E-state index is -6.23. The van der Waals surface area contributed by atoms with E-state index in [0.29, 0.717) is 0 Å². The van der Waals surface area contributed by atoms with Crippen molar-refractivity contribution in [2.45, 2.75) is 19.4 Å². The second-order valence-corrected chi connectivity index (χ2v) is 16.6. The monoisotopic (exact) mass is 562 g/mol. The molecular weight excluding hydrogens is 535 g/mol. The van der Waals surface area contributed by atoms with Crippen LogP contribution in [0.25, 0.3) is 0 Å². The van der Waals surface area contributed by atoms with Crippen LogP contribution in [0, 0.1) is 0 Å². The molecule has 0 aliphatic rings. The van der Waals surface area contributed by atoms with Crippen LogP contribution in [0.4, 0.5) is 13.2 Å². The summed E-state index contributed by atoms with van der Waals surface area (Å²) in [7, 11) is -10.5. The van der Waals surface area contributed by atoms with Crippen LogP contribution in [-0.4, -0.2) is 33.0 Å². The van der Waals surface area contributed by atoms with E-state index in [9.17, 15) is 26.2 Å². The Bertz CT molecular complexity index is 1190. The van der Waals surface area contributed by atoms with Crippen LogP contribution in [0.1, 0.15) is 13.8 Å². The molecular formula is C24H27F3O6P2S. The van der Waals surface area contributed by atoms with E-state index >= 15 is 0 Å². The molecule has 0 spiro atoms. The quantitative estimate of drug-likeness (QED) is 0.226. The first-order valence-corrected chi connectivity index (χ1v) is 16.5. The zero-order valence-electron chi connectivity index (χ0n) is 19.7. The number of benzene rings is 3. The van der Waals surface area contributed by atoms with Crippen molar-refractivity contribution in [2.24, 2.45) is 0 Å². The van der Waals surface area contributed by atoms with Gasteiger partial charge in [0.15, 0.2) is 0 Å². The van der Waals surface area contributed by atoms with Crippen molar-refractivity contribution in [3.05, 3.63) is 91.0 Å². The molecule has 3 aromatic carbocycles. The van der Waals surface area contributed by atoms with Crippen molar-refractivity contribution in [1.29, 1.82) is 0 Å². The van der Waals surface area contributed by atoms with E-state index in [1.54, 1.807) is 68.4 Å². The first-order valence-electron chi connectivity index (χ1n) is 11.0. The predicted octanol–water partition coefficient (Wildman–Crippen LogP) is 5.52. The number of hydrogen-bond acceptors (Lipinski definition) is 6. The average Bonchev–Trinajstić information content (AvgIpc) is 2.85. The van der Waals surface area contributed by atoms with Gasteiger partial charge in [-0.25, -0.2) is 0 Å². The standard InChI is InChI=1S/C24H27F3O6P2S/c1-3-31-34(28,32-4-2)20-35(21-14-8-5-9-15-21,22-16-10-6-11-17-22,23-18-12-7-13-19-23)33-36(29,30)24(25,26)27/h5-19H,3-4,20H2,1-2H3. The Kier molecular flexibility index (Phi) is 8.50. The summed E-state index contributed by atoms with van der Waals surface area (Å²) in [6.45, 7) is -2.35. The fourth-order valence-electron chi connectivity index (χ4n) is 4.18. The van der Waals surface area contributed by atoms with Gasteiger partial charge in [0.05, 0.1) is 0 Å². The van der Waals surface area contributed by atoms with E-state index in [1.165, 1.54) is 36.4 Å². The van der Waals surface area contributed by atoms with Gasteiger partial charge < -0.3 is 0 Å². The fraction of sp³-hybridized carbons (Fsp3) is 0.250. The Balaban J connectivity index is 2.64. The zero-order valence-corrected chi connectivity index (χ0v) is 22.3. The molecule has 0 aliphatic carbocycles. The molecule has 0 N–H and O–H groups in total. The maximum absolute atomic E-state index is 14.1. The predicted molar refractivity (Wildman–Crippen MR) is 137 cm³/mol. The van der Waals surface area contributed by atoms with Gasteiger partial charge in [-0.3, -0.25) is 0 Å². The number of halogens is 3. The van der Waals surface area contributed by atoms with Crippen molar-refractivity contribution >= 4 is 40.5 Å². The summed E-state index contributed by atoms with van der Waals surface area (Å²) >= 11 is 0. The summed E-state index contributed by atoms with van der Waals surface area (Å²) in [6, 6.07) is 23.1. The van der Waals surface area contributed by atoms with E-state index in [2.05, 4.69) is 0 Å². The molecule has 6 nitrogen and oxygen atoms in total. The summed E-state index contributed by atoms with van der Waals surface area (Å²) in [5, 5.41) is 0.357. The molecule has 3 aromatic rings. The Labute approximate surface area is 209 Å². The number of alkyl halides is 3. The third-order valence-corrected chi connectivity index (χ3v) is 17.2. The normalized spacial score (nSPS) is 14.2. The molecule has 0 radical (unpaired) electrons. The van der Waals surface area contributed by atoms with E-state index in [0.717, 1.165) is 0 Å². The SMILES string of the molecule is CCOP(=O)(CP(OS(=O)(=O)C(F)(F)F)(c1ccccc1)(c1ccccc1)c1ccccc1)OCC. The van der Waals surface area contributed by atoms with Crippen LogP contribution < -0.4 is 15.9 Å². The van der Waals surface area contributed by atoms with Crippen LogP contribution in [0.5, 0.6) is 0 Å². The molecule has 0 atom stereocenters. The molecule has 0 amide bonds. The molecule has 0 saturated carbocycles. The number of hydrogen-bond donors (Lipinski definition) is 0. The number of rotatable bonds is 11. The van der Waals surface area contributed by atoms with E-state index in [4.69, 9.17) is 13.0 Å². The van der Waals surface area contributed by atoms with Crippen molar-refractivity contribution in [3.63, 3.8) is 0 Å². The molecule has 0 aliphatic heterocycles. The van der Waals surface area contributed by atoms with E-state index in [-0.39, 0.29) is 29.1 Å². The maximum atomic E-state index is 14.1. The van der Waals surface area contributed by atoms with Crippen LogP contribution in [0.3, 0.4) is 0 Å². The fourth-order valence-corrected chi connectivity index (χ4v) is 17.3. The van der Waals surface area contributed by atoms with Crippen LogP contribution >= 0.6 is 14.4 Å². The average molecular weight is 562 g/mol. The molecule has 0 fully saturated rings. The summed E-state index contributed by atoms with van der Waals surface area (Å²) in [6.07, 6.45) is 0. The molecule has 196 valence electrons. The molecule has 0 saturated heterocycles. The summed E-state index contributed by atoms with van der Waals surface area (Å²) in [5.74, 6) is -0.770. The van der Waals surface area contributed by atoms with Crippen LogP contribution in [0.2, 0.25) is 0 Å². The molecule has 12 heteroatoms. The first kappa shape index (κ1) is 28.5. The van der Waals surface area contributed by atoms with Crippen LogP contribution in [0.15, 0.2) is 91.0 Å². The van der Waals surface area contributed by atoms with E-state index in [1.807, 2.05) is 0 Å². The van der Waals surface area contributed by atoms with Crippen molar-refractivity contribution in [2.75, 3.05) is 19.1 Å². The van der Waals surface area contributed by atoms with Gasteiger partial charge in [0, 0.05) is 0 Å². The zero-order chi connectivity index (χ0) is 26.5. The Morgan fingerprint density at radius 1 is 0.722 bits per heavy atom. The van der Waals surface area contributed by atoms with Gasteiger partial charge in [0.25, 0.3) is 0 Å². The van der Waals surface area contributed by atoms with E-state index < -0.39 is 36.0 Å². The van der Waals surface area contributed by atoms with Gasteiger partial charge in [0.1, 0.15) is 0 Å². The third kappa shape index (κ3) is 5.17. The van der Waals surface area contributed by atoms with Gasteiger partial charge in [-0.15, -0.1) is 0 Å². The molecule has 0 heterocycles. The van der Waals surface area contributed by atoms with Gasteiger partial charge in [0.2, 0.25) is 0 Å². The minimum absolute atomic E-state index is 0.0891. The third-order valence-electron chi connectivity index (χ3n) is 5.55. The second-order valence-electron chi connectivity index (χ2n) is 7.78. The Hall–Kier alpha value is -2.06. The molecule has 0 bridgehead atoms.